The number of benzene rings is 1. The Morgan fingerprint density at radius 3 is 2.66 bits per heavy atom. The number of carbonyl (C=O) groups is 1. The van der Waals surface area contributed by atoms with Crippen LogP contribution in [0, 0.1) is 6.92 Å². The summed E-state index contributed by atoms with van der Waals surface area (Å²) in [5.41, 5.74) is 3.01. The van der Waals surface area contributed by atoms with Gasteiger partial charge in [-0.05, 0) is 37.1 Å². The molecule has 0 bridgehead atoms. The van der Waals surface area contributed by atoms with E-state index in [0.29, 0.717) is 6.61 Å². The number of thiazole rings is 2. The molecule has 1 saturated heterocycles. The first-order chi connectivity index (χ1) is 15.6. The first-order valence-corrected chi connectivity index (χ1v) is 12.6. The van der Waals surface area contributed by atoms with E-state index in [1.165, 1.54) is 5.01 Å². The number of nitrogens with zero attached hydrogens (tertiary/aromatic N) is 4. The third-order valence-electron chi connectivity index (χ3n) is 5.30. The normalized spacial score (nSPS) is 14.9. The number of aryl methyl sites for hydroxylation is 2. The second-order valence-corrected chi connectivity index (χ2v) is 9.74. The van der Waals surface area contributed by atoms with Gasteiger partial charge in [-0.1, -0.05) is 19.1 Å². The molecule has 6 nitrogen and oxygen atoms in total. The van der Waals surface area contributed by atoms with Crippen molar-refractivity contribution in [1.82, 2.24) is 19.8 Å². The summed E-state index contributed by atoms with van der Waals surface area (Å²) in [6.45, 7) is 8.65. The summed E-state index contributed by atoms with van der Waals surface area (Å²) in [4.78, 5) is 26.0. The van der Waals surface area contributed by atoms with Crippen molar-refractivity contribution in [3.63, 3.8) is 0 Å². The molecule has 1 fully saturated rings. The Hall–Kier alpha value is -2.55. The third-order valence-corrected chi connectivity index (χ3v) is 7.17. The van der Waals surface area contributed by atoms with Crippen LogP contribution in [0.4, 0.5) is 0 Å². The average molecular weight is 469 g/mol. The van der Waals surface area contributed by atoms with Gasteiger partial charge in [0.05, 0.1) is 21.4 Å². The van der Waals surface area contributed by atoms with E-state index in [4.69, 9.17) is 4.74 Å². The fraction of sp³-hybridized carbons (Fsp3) is 0.375. The summed E-state index contributed by atoms with van der Waals surface area (Å²) in [5.74, 6) is 0.822. The molecular formula is C24H28N4O2S2. The SMILES string of the molecule is CCc1nc(CN2CCN(C(=O)/C=C/c3cccc(OCc4csc(C)n4)c3)CC2)cs1. The first kappa shape index (κ1) is 22.6. The van der Waals surface area contributed by atoms with Gasteiger partial charge in [-0.2, -0.15) is 0 Å². The molecule has 1 amide bonds. The van der Waals surface area contributed by atoms with Crippen LogP contribution in [0.1, 0.15) is 33.9 Å². The average Bonchev–Trinajstić information content (AvgIpc) is 3.45. The highest BCUT2D eigenvalue weighted by Crippen LogP contribution is 2.18. The molecule has 8 heteroatoms. The van der Waals surface area contributed by atoms with Crippen LogP contribution in [0.25, 0.3) is 6.08 Å². The van der Waals surface area contributed by atoms with E-state index in [1.54, 1.807) is 28.7 Å². The van der Waals surface area contributed by atoms with Crippen molar-refractivity contribution in [3.05, 3.63) is 68.1 Å². The lowest BCUT2D eigenvalue weighted by molar-refractivity contribution is -0.127. The largest absolute Gasteiger partial charge is 0.487 e. The van der Waals surface area contributed by atoms with Crippen molar-refractivity contribution in [2.75, 3.05) is 26.2 Å². The smallest absolute Gasteiger partial charge is 0.246 e. The summed E-state index contributed by atoms with van der Waals surface area (Å²) in [6.07, 6.45) is 4.50. The summed E-state index contributed by atoms with van der Waals surface area (Å²) >= 11 is 3.35. The molecule has 1 aliphatic rings. The Bertz CT molecular complexity index is 1070. The maximum absolute atomic E-state index is 12.6. The third kappa shape index (κ3) is 6.25. The maximum atomic E-state index is 12.6. The Kier molecular flexibility index (Phi) is 7.68. The van der Waals surface area contributed by atoms with E-state index < -0.39 is 0 Å². The molecule has 3 heterocycles. The summed E-state index contributed by atoms with van der Waals surface area (Å²) < 4.78 is 5.84. The van der Waals surface area contributed by atoms with Crippen LogP contribution in [0.3, 0.4) is 0 Å². The first-order valence-electron chi connectivity index (χ1n) is 10.9. The topological polar surface area (TPSA) is 58.6 Å². The van der Waals surface area contributed by atoms with Crippen LogP contribution < -0.4 is 4.74 Å². The van der Waals surface area contributed by atoms with Gasteiger partial charge in [0.2, 0.25) is 5.91 Å². The van der Waals surface area contributed by atoms with Gasteiger partial charge >= 0.3 is 0 Å². The van der Waals surface area contributed by atoms with E-state index in [1.807, 2.05) is 47.5 Å². The van der Waals surface area contributed by atoms with Gasteiger partial charge in [0.1, 0.15) is 12.4 Å². The standard InChI is InChI=1S/C24H28N4O2S2/c1-3-23-26-20(16-32-23)14-27-9-11-28(12-10-27)24(29)8-7-19-5-4-6-22(13-19)30-15-21-17-31-18(2)25-21/h4-8,13,16-17H,3,9-12,14-15H2,1-2H3/b8-7+. The number of amides is 1. The maximum Gasteiger partial charge on any atom is 0.246 e. The molecule has 0 spiro atoms. The van der Waals surface area contributed by atoms with E-state index in [2.05, 4.69) is 27.2 Å². The number of ether oxygens (including phenoxy) is 1. The quantitative estimate of drug-likeness (QED) is 0.459. The predicted octanol–water partition coefficient (Wildman–Crippen LogP) is 4.41. The molecule has 2 aromatic heterocycles. The number of carbonyl (C=O) groups excluding carboxylic acids is 1. The Labute approximate surface area is 197 Å². The number of piperazine rings is 1. The Morgan fingerprint density at radius 1 is 1.12 bits per heavy atom. The molecule has 32 heavy (non-hydrogen) atoms. The van der Waals surface area contributed by atoms with Crippen molar-refractivity contribution >= 4 is 34.7 Å². The van der Waals surface area contributed by atoms with Gasteiger partial charge in [0, 0.05) is 49.6 Å². The summed E-state index contributed by atoms with van der Waals surface area (Å²) in [7, 11) is 0. The molecule has 1 aromatic carbocycles. The fourth-order valence-corrected chi connectivity index (χ4v) is 4.89. The molecule has 3 aromatic rings. The second-order valence-electron chi connectivity index (χ2n) is 7.74. The predicted molar refractivity (Wildman–Crippen MR) is 130 cm³/mol. The lowest BCUT2D eigenvalue weighted by Gasteiger charge is -2.33. The minimum absolute atomic E-state index is 0.0517. The molecule has 0 radical (unpaired) electrons. The Balaban J connectivity index is 1.25. The number of aromatic nitrogens is 2. The molecule has 4 rings (SSSR count). The van der Waals surface area contributed by atoms with Gasteiger partial charge < -0.3 is 9.64 Å². The van der Waals surface area contributed by atoms with E-state index in [9.17, 15) is 4.79 Å². The second kappa shape index (κ2) is 10.8. The van der Waals surface area contributed by atoms with Crippen molar-refractivity contribution < 1.29 is 9.53 Å². The molecule has 0 saturated carbocycles. The zero-order chi connectivity index (χ0) is 22.3. The van der Waals surface area contributed by atoms with Crippen LogP contribution in [0.5, 0.6) is 5.75 Å². The Morgan fingerprint density at radius 2 is 1.94 bits per heavy atom. The van der Waals surface area contributed by atoms with Crippen LogP contribution in [0.15, 0.2) is 41.1 Å². The van der Waals surface area contributed by atoms with Crippen molar-refractivity contribution in [1.29, 1.82) is 0 Å². The molecule has 0 aliphatic carbocycles. The highest BCUT2D eigenvalue weighted by molar-refractivity contribution is 7.09. The van der Waals surface area contributed by atoms with Gasteiger partial charge in [0.25, 0.3) is 0 Å². The summed E-state index contributed by atoms with van der Waals surface area (Å²) in [5, 5.41) is 6.38. The van der Waals surface area contributed by atoms with Gasteiger partial charge in [0.15, 0.2) is 0 Å². The highest BCUT2D eigenvalue weighted by atomic mass is 32.1. The number of hydrogen-bond acceptors (Lipinski definition) is 7. The lowest BCUT2D eigenvalue weighted by atomic mass is 10.2. The molecule has 0 N–H and O–H groups in total. The minimum atomic E-state index is 0.0517. The van der Waals surface area contributed by atoms with Crippen molar-refractivity contribution in [2.24, 2.45) is 0 Å². The van der Waals surface area contributed by atoms with Gasteiger partial charge in [-0.25, -0.2) is 9.97 Å². The van der Waals surface area contributed by atoms with Crippen LogP contribution in [-0.2, 0) is 24.4 Å². The van der Waals surface area contributed by atoms with Crippen LogP contribution in [0.2, 0.25) is 0 Å². The molecule has 1 aliphatic heterocycles. The van der Waals surface area contributed by atoms with E-state index in [-0.39, 0.29) is 5.91 Å². The summed E-state index contributed by atoms with van der Waals surface area (Å²) in [6, 6.07) is 7.77. The monoisotopic (exact) mass is 468 g/mol. The zero-order valence-corrected chi connectivity index (χ0v) is 20.1. The highest BCUT2D eigenvalue weighted by Gasteiger charge is 2.20. The van der Waals surface area contributed by atoms with Gasteiger partial charge in [-0.15, -0.1) is 22.7 Å². The van der Waals surface area contributed by atoms with Crippen molar-refractivity contribution in [3.8, 4) is 5.75 Å². The number of rotatable bonds is 8. The molecule has 0 atom stereocenters. The van der Waals surface area contributed by atoms with E-state index >= 15 is 0 Å². The lowest BCUT2D eigenvalue weighted by Crippen LogP contribution is -2.47. The zero-order valence-electron chi connectivity index (χ0n) is 18.5. The fourth-order valence-electron chi connectivity index (χ4n) is 3.55. The van der Waals surface area contributed by atoms with Gasteiger partial charge in [-0.3, -0.25) is 9.69 Å². The molecular weight excluding hydrogens is 440 g/mol. The van der Waals surface area contributed by atoms with Crippen molar-refractivity contribution in [2.45, 2.75) is 33.4 Å². The van der Waals surface area contributed by atoms with Crippen LogP contribution in [-0.4, -0.2) is 51.9 Å². The van der Waals surface area contributed by atoms with Crippen LogP contribution >= 0.6 is 22.7 Å². The van der Waals surface area contributed by atoms with E-state index in [0.717, 1.165) is 66.9 Å². The molecule has 168 valence electrons. The number of hydrogen-bond donors (Lipinski definition) is 0. The molecule has 0 unspecified atom stereocenters. The minimum Gasteiger partial charge on any atom is -0.487 e.